The summed E-state index contributed by atoms with van der Waals surface area (Å²) in [6, 6.07) is 0. The number of carbonyl (C=O) groups excluding carboxylic acids is 1. The lowest BCUT2D eigenvalue weighted by Crippen LogP contribution is -2.05. The zero-order valence-electron chi connectivity index (χ0n) is 30.6. The van der Waals surface area contributed by atoms with Crippen molar-refractivity contribution < 1.29 is 9.53 Å². The van der Waals surface area contributed by atoms with Crippen LogP contribution in [-0.4, -0.2) is 12.6 Å². The van der Waals surface area contributed by atoms with Gasteiger partial charge in [-0.1, -0.05) is 212 Å². The van der Waals surface area contributed by atoms with E-state index in [1.54, 1.807) is 0 Å². The predicted molar refractivity (Wildman–Crippen MR) is 198 cm³/mol. The minimum Gasteiger partial charge on any atom is -0.466 e. The van der Waals surface area contributed by atoms with Gasteiger partial charge < -0.3 is 4.74 Å². The van der Waals surface area contributed by atoms with Gasteiger partial charge in [-0.15, -0.1) is 0 Å². The molecule has 2 heteroatoms. The molecule has 0 atom stereocenters. The van der Waals surface area contributed by atoms with Crippen molar-refractivity contribution in [2.45, 2.75) is 245 Å². The van der Waals surface area contributed by atoms with Crippen molar-refractivity contribution in [3.8, 4) is 0 Å². The molecule has 0 aliphatic rings. The molecule has 0 N–H and O–H groups in total. The van der Waals surface area contributed by atoms with Gasteiger partial charge in [0.2, 0.25) is 0 Å². The molecule has 262 valence electrons. The molecule has 0 aromatic heterocycles. The number of allylic oxidation sites excluding steroid dienone is 2. The number of ether oxygens (including phenoxy) is 1. The first-order chi connectivity index (χ1) is 21.8. The number of esters is 1. The van der Waals surface area contributed by atoms with Gasteiger partial charge in [0.05, 0.1) is 6.61 Å². The molecular formula is C42H82O2. The highest BCUT2D eigenvalue weighted by atomic mass is 16.5. The van der Waals surface area contributed by atoms with Gasteiger partial charge in [-0.3, -0.25) is 4.79 Å². The number of hydrogen-bond donors (Lipinski definition) is 0. The maximum Gasteiger partial charge on any atom is 0.305 e. The average molecular weight is 619 g/mol. The Morgan fingerprint density at radius 1 is 0.364 bits per heavy atom. The third-order valence-electron chi connectivity index (χ3n) is 9.40. The van der Waals surface area contributed by atoms with Crippen LogP contribution in [0.25, 0.3) is 0 Å². The second kappa shape index (κ2) is 40.2. The van der Waals surface area contributed by atoms with Gasteiger partial charge in [0, 0.05) is 6.42 Å². The van der Waals surface area contributed by atoms with E-state index in [-0.39, 0.29) is 5.97 Å². The first kappa shape index (κ1) is 43.2. The van der Waals surface area contributed by atoms with E-state index in [9.17, 15) is 4.79 Å². The van der Waals surface area contributed by atoms with Crippen LogP contribution < -0.4 is 0 Å². The zero-order valence-corrected chi connectivity index (χ0v) is 30.6. The molecule has 0 spiro atoms. The Morgan fingerprint density at radius 2 is 0.636 bits per heavy atom. The molecule has 0 amide bonds. The second-order valence-corrected chi connectivity index (χ2v) is 14.0. The molecule has 0 saturated heterocycles. The summed E-state index contributed by atoms with van der Waals surface area (Å²) in [6.45, 7) is 5.19. The van der Waals surface area contributed by atoms with Gasteiger partial charge in [-0.2, -0.15) is 0 Å². The highest BCUT2D eigenvalue weighted by molar-refractivity contribution is 5.69. The third kappa shape index (κ3) is 39.2. The second-order valence-electron chi connectivity index (χ2n) is 14.0. The molecule has 0 saturated carbocycles. The summed E-state index contributed by atoms with van der Waals surface area (Å²) in [7, 11) is 0. The van der Waals surface area contributed by atoms with Crippen LogP contribution in [-0.2, 0) is 9.53 Å². The number of hydrogen-bond acceptors (Lipinski definition) is 2. The van der Waals surface area contributed by atoms with Gasteiger partial charge >= 0.3 is 5.97 Å². The Kier molecular flexibility index (Phi) is 39.5. The van der Waals surface area contributed by atoms with Crippen LogP contribution in [0.2, 0.25) is 0 Å². The monoisotopic (exact) mass is 619 g/mol. The van der Waals surface area contributed by atoms with Crippen LogP contribution in [0.5, 0.6) is 0 Å². The average Bonchev–Trinajstić information content (AvgIpc) is 3.03. The minimum atomic E-state index is 0.0134. The lowest BCUT2D eigenvalue weighted by Gasteiger charge is -2.05. The van der Waals surface area contributed by atoms with Gasteiger partial charge in [0.1, 0.15) is 0 Å². The highest BCUT2D eigenvalue weighted by Gasteiger charge is 2.02. The van der Waals surface area contributed by atoms with E-state index in [1.165, 1.54) is 199 Å². The molecule has 44 heavy (non-hydrogen) atoms. The Labute approximate surface area is 278 Å². The normalized spacial score (nSPS) is 11.6. The van der Waals surface area contributed by atoms with Crippen molar-refractivity contribution >= 4 is 5.97 Å². The summed E-state index contributed by atoms with van der Waals surface area (Å²) in [4.78, 5) is 12.0. The van der Waals surface area contributed by atoms with E-state index in [4.69, 9.17) is 4.74 Å². The van der Waals surface area contributed by atoms with Crippen LogP contribution in [0.4, 0.5) is 0 Å². The lowest BCUT2D eigenvalue weighted by atomic mass is 10.0. The number of rotatable bonds is 38. The summed E-state index contributed by atoms with van der Waals surface area (Å²) in [5.74, 6) is 0.0134. The van der Waals surface area contributed by atoms with Crippen molar-refractivity contribution in [2.75, 3.05) is 6.61 Å². The van der Waals surface area contributed by atoms with Gasteiger partial charge in [0.15, 0.2) is 0 Å². The van der Waals surface area contributed by atoms with Crippen LogP contribution in [0.15, 0.2) is 12.2 Å². The summed E-state index contributed by atoms with van der Waals surface area (Å²) < 4.78 is 5.45. The van der Waals surface area contributed by atoms with E-state index in [2.05, 4.69) is 26.0 Å². The Balaban J connectivity index is 3.19. The predicted octanol–water partition coefficient (Wildman–Crippen LogP) is 15.2. The molecule has 0 aliphatic heterocycles. The van der Waals surface area contributed by atoms with Crippen molar-refractivity contribution in [1.82, 2.24) is 0 Å². The minimum absolute atomic E-state index is 0.0134. The van der Waals surface area contributed by atoms with Crippen LogP contribution in [0, 0.1) is 0 Å². The molecule has 0 rings (SSSR count). The molecule has 0 bridgehead atoms. The summed E-state index contributed by atoms with van der Waals surface area (Å²) in [6.07, 6.45) is 53.0. The van der Waals surface area contributed by atoms with E-state index < -0.39 is 0 Å². The maximum absolute atomic E-state index is 12.0. The van der Waals surface area contributed by atoms with Crippen LogP contribution in [0.3, 0.4) is 0 Å². The Hall–Kier alpha value is -0.790. The fourth-order valence-corrected chi connectivity index (χ4v) is 6.31. The summed E-state index contributed by atoms with van der Waals surface area (Å²) >= 11 is 0. The topological polar surface area (TPSA) is 26.3 Å². The smallest absolute Gasteiger partial charge is 0.305 e. The molecule has 0 aliphatic carbocycles. The van der Waals surface area contributed by atoms with E-state index in [1.807, 2.05) is 0 Å². The number of carbonyl (C=O) groups is 1. The largest absolute Gasteiger partial charge is 0.466 e. The molecule has 2 nitrogen and oxygen atoms in total. The molecule has 0 radical (unpaired) electrons. The van der Waals surface area contributed by atoms with E-state index in [0.29, 0.717) is 13.0 Å². The maximum atomic E-state index is 12.0. The summed E-state index contributed by atoms with van der Waals surface area (Å²) in [5, 5.41) is 0. The molecule has 0 aromatic rings. The zero-order chi connectivity index (χ0) is 31.9. The molecule has 0 heterocycles. The van der Waals surface area contributed by atoms with Crippen molar-refractivity contribution in [3.63, 3.8) is 0 Å². The highest BCUT2D eigenvalue weighted by Crippen LogP contribution is 2.16. The Morgan fingerprint density at radius 3 is 0.977 bits per heavy atom. The SMILES string of the molecule is CCCCCCCCCCCCCCC/C=C\CCCCOC(=O)CCCCCCCCCCCCCCCCCCCC. The molecule has 0 fully saturated rings. The Bertz CT molecular complexity index is 554. The van der Waals surface area contributed by atoms with Gasteiger partial charge in [-0.05, 0) is 38.5 Å². The number of unbranched alkanes of at least 4 members (excludes halogenated alkanes) is 32. The van der Waals surface area contributed by atoms with Crippen molar-refractivity contribution in [1.29, 1.82) is 0 Å². The van der Waals surface area contributed by atoms with Gasteiger partial charge in [-0.25, -0.2) is 0 Å². The lowest BCUT2D eigenvalue weighted by molar-refractivity contribution is -0.143. The third-order valence-corrected chi connectivity index (χ3v) is 9.40. The van der Waals surface area contributed by atoms with E-state index in [0.717, 1.165) is 25.7 Å². The fraction of sp³-hybridized carbons (Fsp3) is 0.929. The molecule has 0 unspecified atom stereocenters. The van der Waals surface area contributed by atoms with Crippen molar-refractivity contribution in [3.05, 3.63) is 12.2 Å². The first-order valence-corrected chi connectivity index (χ1v) is 20.6. The van der Waals surface area contributed by atoms with E-state index >= 15 is 0 Å². The fourth-order valence-electron chi connectivity index (χ4n) is 6.31. The van der Waals surface area contributed by atoms with Crippen molar-refractivity contribution in [2.24, 2.45) is 0 Å². The standard InChI is InChI=1S/C42H82O2/c1-3-5-7-9-11-13-15-17-19-21-23-25-27-29-31-33-35-37-39-41-44-42(43)40-38-36-34-32-30-28-26-24-22-20-18-16-14-12-10-8-6-4-2/h31,33H,3-30,32,34-41H2,1-2H3/b33-31-. The summed E-state index contributed by atoms with van der Waals surface area (Å²) in [5.41, 5.74) is 0. The van der Waals surface area contributed by atoms with Crippen LogP contribution >= 0.6 is 0 Å². The molecule has 0 aromatic carbocycles. The van der Waals surface area contributed by atoms with Crippen LogP contribution in [0.1, 0.15) is 245 Å². The first-order valence-electron chi connectivity index (χ1n) is 20.6. The quantitative estimate of drug-likeness (QED) is 0.0391. The molecular weight excluding hydrogens is 536 g/mol. The van der Waals surface area contributed by atoms with Gasteiger partial charge in [0.25, 0.3) is 0 Å².